The van der Waals surface area contributed by atoms with Crippen molar-refractivity contribution in [2.45, 2.75) is 39.5 Å². The third-order valence-corrected chi connectivity index (χ3v) is 3.03. The summed E-state index contributed by atoms with van der Waals surface area (Å²) < 4.78 is 12.9. The van der Waals surface area contributed by atoms with E-state index in [1.165, 1.54) is 12.1 Å². The van der Waals surface area contributed by atoms with Crippen LogP contribution in [0.15, 0.2) is 36.6 Å². The Morgan fingerprint density at radius 3 is 2.12 bits per heavy atom. The van der Waals surface area contributed by atoms with Gasteiger partial charge in [0.05, 0.1) is 0 Å². The van der Waals surface area contributed by atoms with Crippen molar-refractivity contribution in [1.82, 2.24) is 0 Å². The lowest BCUT2D eigenvalue weighted by Gasteiger charge is -2.18. The number of benzene rings is 1. The summed E-state index contributed by atoms with van der Waals surface area (Å²) >= 11 is 0. The van der Waals surface area contributed by atoms with E-state index in [9.17, 15) is 4.39 Å². The molecule has 0 spiro atoms. The maximum Gasteiger partial charge on any atom is 0.123 e. The molecule has 0 aromatic heterocycles. The maximum atomic E-state index is 12.9. The second-order valence-corrected chi connectivity index (χ2v) is 4.37. The van der Waals surface area contributed by atoms with E-state index < -0.39 is 0 Å². The molecule has 1 heteroatoms. The summed E-state index contributed by atoms with van der Waals surface area (Å²) in [5.41, 5.74) is 5.23. The fraction of sp³-hybridized carbons (Fsp3) is 0.438. The maximum absolute atomic E-state index is 12.9. The highest BCUT2D eigenvalue weighted by atomic mass is 19.1. The van der Waals surface area contributed by atoms with Gasteiger partial charge in [0, 0.05) is 5.57 Å². The molecular weight excluding hydrogens is 211 g/mol. The van der Waals surface area contributed by atoms with E-state index in [-0.39, 0.29) is 5.82 Å². The van der Waals surface area contributed by atoms with Crippen LogP contribution in [-0.4, -0.2) is 0 Å². The van der Waals surface area contributed by atoms with Crippen LogP contribution >= 0.6 is 0 Å². The van der Waals surface area contributed by atoms with Gasteiger partial charge in [-0.1, -0.05) is 45.4 Å². The molecule has 17 heavy (non-hydrogen) atoms. The lowest BCUT2D eigenvalue weighted by Crippen LogP contribution is -2.03. The zero-order valence-electron chi connectivity index (χ0n) is 10.8. The van der Waals surface area contributed by atoms with E-state index >= 15 is 0 Å². The molecule has 0 heterocycles. The van der Waals surface area contributed by atoms with Gasteiger partial charge in [0.2, 0.25) is 0 Å². The Bertz CT molecular complexity index is 376. The molecule has 0 aliphatic heterocycles. The molecule has 0 aliphatic carbocycles. The van der Waals surface area contributed by atoms with Crippen LogP contribution in [0.1, 0.15) is 45.1 Å². The van der Waals surface area contributed by atoms with Crippen LogP contribution < -0.4 is 0 Å². The molecule has 0 amide bonds. The van der Waals surface area contributed by atoms with Crippen molar-refractivity contribution in [2.24, 2.45) is 5.92 Å². The highest BCUT2D eigenvalue weighted by Crippen LogP contribution is 2.29. The third-order valence-electron chi connectivity index (χ3n) is 3.03. The van der Waals surface area contributed by atoms with E-state index in [1.54, 1.807) is 0 Å². The number of allylic oxidation sites excluding steroid dienone is 1. The first kappa shape index (κ1) is 13.7. The van der Waals surface area contributed by atoms with Crippen molar-refractivity contribution >= 4 is 5.57 Å². The van der Waals surface area contributed by atoms with Crippen LogP contribution in [0.4, 0.5) is 4.39 Å². The quantitative estimate of drug-likeness (QED) is 0.590. The molecule has 0 saturated heterocycles. The lowest BCUT2D eigenvalue weighted by atomic mass is 9.86. The summed E-state index contributed by atoms with van der Waals surface area (Å²) in [6.45, 7) is 8.17. The summed E-state index contributed by atoms with van der Waals surface area (Å²) in [6, 6.07) is 6.64. The van der Waals surface area contributed by atoms with Crippen LogP contribution in [0, 0.1) is 11.7 Å². The predicted octanol–water partition coefficient (Wildman–Crippen LogP) is 5.21. The number of hydrogen-bond donors (Lipinski definition) is 0. The molecule has 0 bridgehead atoms. The smallest absolute Gasteiger partial charge is 0.123 e. The largest absolute Gasteiger partial charge is 0.207 e. The minimum atomic E-state index is -0.195. The molecule has 1 rings (SSSR count). The van der Waals surface area contributed by atoms with Crippen molar-refractivity contribution in [3.8, 4) is 0 Å². The Labute approximate surface area is 104 Å². The van der Waals surface area contributed by atoms with E-state index in [0.717, 1.165) is 36.8 Å². The Morgan fingerprint density at radius 1 is 1.18 bits per heavy atom. The van der Waals surface area contributed by atoms with Crippen molar-refractivity contribution in [2.75, 3.05) is 0 Å². The summed E-state index contributed by atoms with van der Waals surface area (Å²) in [5.74, 6) is 0.299. The highest BCUT2D eigenvalue weighted by molar-refractivity contribution is 5.66. The van der Waals surface area contributed by atoms with Gasteiger partial charge >= 0.3 is 0 Å². The van der Waals surface area contributed by atoms with Crippen molar-refractivity contribution in [3.05, 3.63) is 48.0 Å². The molecule has 0 radical (unpaired) electrons. The van der Waals surface area contributed by atoms with E-state index in [0.29, 0.717) is 5.92 Å². The van der Waals surface area contributed by atoms with Gasteiger partial charge in [-0.15, -0.1) is 5.73 Å². The second kappa shape index (κ2) is 7.09. The normalized spacial score (nSPS) is 10.4. The van der Waals surface area contributed by atoms with Gasteiger partial charge in [-0.25, -0.2) is 4.39 Å². The van der Waals surface area contributed by atoms with Gasteiger partial charge in [0.25, 0.3) is 0 Å². The van der Waals surface area contributed by atoms with Crippen LogP contribution in [-0.2, 0) is 0 Å². The summed E-state index contributed by atoms with van der Waals surface area (Å²) in [4.78, 5) is 0. The summed E-state index contributed by atoms with van der Waals surface area (Å²) in [7, 11) is 0. The van der Waals surface area contributed by atoms with Gasteiger partial charge < -0.3 is 0 Å². The zero-order valence-corrected chi connectivity index (χ0v) is 10.8. The van der Waals surface area contributed by atoms with Crippen LogP contribution in [0.25, 0.3) is 5.57 Å². The zero-order chi connectivity index (χ0) is 12.7. The van der Waals surface area contributed by atoms with Crippen molar-refractivity contribution < 1.29 is 4.39 Å². The Morgan fingerprint density at radius 2 is 1.71 bits per heavy atom. The SMILES string of the molecule is C=C=C(c1ccc(F)cc1)C(CCC)CCC. The van der Waals surface area contributed by atoms with Crippen molar-refractivity contribution in [3.63, 3.8) is 0 Å². The molecule has 0 atom stereocenters. The molecule has 1 aromatic rings. The van der Waals surface area contributed by atoms with E-state index in [2.05, 4.69) is 26.2 Å². The first-order valence-electron chi connectivity index (χ1n) is 6.38. The van der Waals surface area contributed by atoms with Crippen LogP contribution in [0.5, 0.6) is 0 Å². The Hall–Kier alpha value is -1.33. The van der Waals surface area contributed by atoms with Gasteiger partial charge in [0.15, 0.2) is 0 Å². The van der Waals surface area contributed by atoms with E-state index in [1.807, 2.05) is 12.1 Å². The fourth-order valence-corrected chi connectivity index (χ4v) is 2.24. The molecule has 0 N–H and O–H groups in total. The van der Waals surface area contributed by atoms with Crippen molar-refractivity contribution in [1.29, 1.82) is 0 Å². The average molecular weight is 232 g/mol. The predicted molar refractivity (Wildman–Crippen MR) is 72.3 cm³/mol. The van der Waals surface area contributed by atoms with E-state index in [4.69, 9.17) is 0 Å². The second-order valence-electron chi connectivity index (χ2n) is 4.37. The molecule has 0 saturated carbocycles. The van der Waals surface area contributed by atoms with Gasteiger partial charge in [0.1, 0.15) is 5.82 Å². The summed E-state index contributed by atoms with van der Waals surface area (Å²) in [5, 5.41) is 0. The first-order valence-corrected chi connectivity index (χ1v) is 6.38. The number of halogens is 1. The molecule has 0 unspecified atom stereocenters. The van der Waals surface area contributed by atoms with Gasteiger partial charge in [-0.3, -0.25) is 0 Å². The molecule has 0 nitrogen and oxygen atoms in total. The molecular formula is C16H21F. The minimum absolute atomic E-state index is 0.195. The van der Waals surface area contributed by atoms with Gasteiger partial charge in [-0.2, -0.15) is 0 Å². The molecule has 0 aliphatic rings. The van der Waals surface area contributed by atoms with Gasteiger partial charge in [-0.05, 0) is 36.5 Å². The molecule has 92 valence electrons. The molecule has 0 fully saturated rings. The monoisotopic (exact) mass is 232 g/mol. The average Bonchev–Trinajstić information content (AvgIpc) is 2.33. The number of hydrogen-bond acceptors (Lipinski definition) is 0. The first-order chi connectivity index (χ1) is 8.22. The number of rotatable bonds is 6. The Balaban J connectivity index is 2.96. The molecule has 1 aromatic carbocycles. The lowest BCUT2D eigenvalue weighted by molar-refractivity contribution is 0.544. The third kappa shape index (κ3) is 3.87. The fourth-order valence-electron chi connectivity index (χ4n) is 2.24. The topological polar surface area (TPSA) is 0 Å². The standard InChI is InChI=1S/C16H21F/c1-4-7-13(8-5-2)16(6-3)14-9-11-15(17)12-10-14/h9-13H,3-5,7-8H2,1-2H3. The summed E-state index contributed by atoms with van der Waals surface area (Å²) in [6.07, 6.45) is 4.58. The van der Waals surface area contributed by atoms with Crippen LogP contribution in [0.3, 0.4) is 0 Å². The minimum Gasteiger partial charge on any atom is -0.207 e. The highest BCUT2D eigenvalue weighted by Gasteiger charge is 2.14. The van der Waals surface area contributed by atoms with Crippen LogP contribution in [0.2, 0.25) is 0 Å². The Kier molecular flexibility index (Phi) is 5.72.